The normalized spacial score (nSPS) is 51.1. The molecule has 4 heteroatoms. The predicted octanol–water partition coefficient (Wildman–Crippen LogP) is 2.76. The van der Waals surface area contributed by atoms with Crippen LogP contribution in [-0.4, -0.2) is 25.6 Å². The molecule has 6 atom stereocenters. The maximum absolute atomic E-state index is 10.8. The van der Waals surface area contributed by atoms with Crippen molar-refractivity contribution in [3.05, 3.63) is 22.8 Å². The van der Waals surface area contributed by atoms with Crippen molar-refractivity contribution in [3.63, 3.8) is 0 Å². The first-order chi connectivity index (χ1) is 9.37. The Hall–Kier alpha value is -0.470. The van der Waals surface area contributed by atoms with Crippen LogP contribution in [0.2, 0.25) is 11.6 Å². The number of rotatable bonds is 4. The highest BCUT2D eigenvalue weighted by Gasteiger charge is 2.77. The molecule has 0 heterocycles. The van der Waals surface area contributed by atoms with E-state index in [4.69, 9.17) is 12.5 Å². The van der Waals surface area contributed by atoms with Crippen molar-refractivity contribution < 1.29 is 9.68 Å². The van der Waals surface area contributed by atoms with E-state index in [2.05, 4.69) is 33.8 Å². The molecule has 4 aliphatic rings. The molecule has 0 bridgehead atoms. The van der Waals surface area contributed by atoms with Crippen LogP contribution in [0, 0.1) is 23.7 Å². The summed E-state index contributed by atoms with van der Waals surface area (Å²) in [6, 6.07) is 0. The van der Waals surface area contributed by atoms with Crippen molar-refractivity contribution in [3.8, 4) is 0 Å². The second-order valence-electron chi connectivity index (χ2n) is 7.60. The highest BCUT2D eigenvalue weighted by molar-refractivity contribution is 6.51. The monoisotopic (exact) mass is 268 g/mol. The van der Waals surface area contributed by atoms with Crippen molar-refractivity contribution in [1.29, 1.82) is 0 Å². The molecule has 0 amide bonds. The summed E-state index contributed by atoms with van der Waals surface area (Å²) in [5, 5.41) is 10.7. The Balaban J connectivity index is 1.63. The molecule has 0 aromatic carbocycles. The zero-order valence-electron chi connectivity index (χ0n) is 12.8. The van der Waals surface area contributed by atoms with Gasteiger partial charge in [-0.15, -0.1) is 0 Å². The van der Waals surface area contributed by atoms with E-state index in [9.17, 15) is 5.02 Å². The highest BCUT2D eigenvalue weighted by Crippen LogP contribution is 2.82. The van der Waals surface area contributed by atoms with Gasteiger partial charge in [-0.3, -0.25) is 0 Å². The Morgan fingerprint density at radius 1 is 1.50 bits per heavy atom. The first-order valence-corrected chi connectivity index (χ1v) is 7.85. The van der Waals surface area contributed by atoms with Gasteiger partial charge in [-0.05, 0) is 38.0 Å². The number of fused-ring (bicyclic) bond motifs is 3. The Morgan fingerprint density at radius 3 is 2.70 bits per heavy atom. The lowest BCUT2D eigenvalue weighted by atomic mass is 9.59. The van der Waals surface area contributed by atoms with E-state index in [0.717, 1.165) is 6.42 Å². The van der Waals surface area contributed by atoms with Crippen LogP contribution in [0.5, 0.6) is 0 Å². The maximum atomic E-state index is 10.8. The summed E-state index contributed by atoms with van der Waals surface area (Å²) >= 11 is 0. The van der Waals surface area contributed by atoms with Gasteiger partial charge in [0.2, 0.25) is 0 Å². The molecule has 2 fully saturated rings. The molecular weight excluding hydrogens is 246 g/mol. The van der Waals surface area contributed by atoms with Gasteiger partial charge >= 0.3 is 7.12 Å². The minimum absolute atomic E-state index is 0.113. The van der Waals surface area contributed by atoms with E-state index in [1.54, 1.807) is 0 Å². The van der Waals surface area contributed by atoms with Crippen LogP contribution in [0.25, 0.3) is 0 Å². The topological polar surface area (TPSA) is 29.5 Å². The number of hydrogen-bond donors (Lipinski definition) is 1. The largest absolute Gasteiger partial charge is 0.466 e. The Kier molecular flexibility index (Phi) is 2.41. The fraction of sp³-hybridized carbons (Fsp3) is 0.750. The lowest BCUT2D eigenvalue weighted by Crippen LogP contribution is -2.35. The van der Waals surface area contributed by atoms with Crippen LogP contribution >= 0.6 is 0 Å². The fourth-order valence-corrected chi connectivity index (χ4v) is 4.92. The second-order valence-corrected chi connectivity index (χ2v) is 7.60. The van der Waals surface area contributed by atoms with Crippen molar-refractivity contribution in [2.24, 2.45) is 23.7 Å². The molecule has 0 aliphatic heterocycles. The van der Waals surface area contributed by atoms with Gasteiger partial charge in [0.05, 0.1) is 13.4 Å². The lowest BCUT2D eigenvalue weighted by Gasteiger charge is -2.28. The summed E-state index contributed by atoms with van der Waals surface area (Å²) < 4.78 is 6.09. The van der Waals surface area contributed by atoms with Crippen LogP contribution in [0.4, 0.5) is 0 Å². The molecule has 0 aromatic rings. The SMILES string of the molecule is [B]CC1=C(C)[C@@H]2[C@H](C)[C@@]2(B(O)OC2(C)C[C@H]2C)C2=C[C@@H]21. The lowest BCUT2D eigenvalue weighted by molar-refractivity contribution is 0.140. The Bertz CT molecular complexity index is 555. The smallest absolute Gasteiger partial charge is 0.426 e. The highest BCUT2D eigenvalue weighted by atomic mass is 16.5. The minimum Gasteiger partial charge on any atom is -0.426 e. The summed E-state index contributed by atoms with van der Waals surface area (Å²) in [5.74, 6) is 1.88. The third-order valence-corrected chi connectivity index (χ3v) is 6.68. The molecule has 0 saturated heterocycles. The summed E-state index contributed by atoms with van der Waals surface area (Å²) in [4.78, 5) is 0. The van der Waals surface area contributed by atoms with Crippen LogP contribution in [0.1, 0.15) is 34.1 Å². The summed E-state index contributed by atoms with van der Waals surface area (Å²) in [6.45, 7) is 8.75. The van der Waals surface area contributed by atoms with Crippen LogP contribution in [0.15, 0.2) is 22.8 Å². The number of allylic oxidation sites excluding steroid dienone is 4. The Morgan fingerprint density at radius 2 is 2.15 bits per heavy atom. The van der Waals surface area contributed by atoms with Crippen LogP contribution in [0.3, 0.4) is 0 Å². The molecule has 1 N–H and O–H groups in total. The molecule has 2 radical (unpaired) electrons. The summed E-state index contributed by atoms with van der Waals surface area (Å²) in [7, 11) is 5.24. The quantitative estimate of drug-likeness (QED) is 0.627. The molecule has 1 unspecified atom stereocenters. The zero-order chi connectivity index (χ0) is 14.4. The van der Waals surface area contributed by atoms with Crippen LogP contribution in [-0.2, 0) is 4.65 Å². The fourth-order valence-electron chi connectivity index (χ4n) is 4.92. The third-order valence-electron chi connectivity index (χ3n) is 6.68. The van der Waals surface area contributed by atoms with Gasteiger partial charge < -0.3 is 9.68 Å². The molecule has 4 aliphatic carbocycles. The molecule has 20 heavy (non-hydrogen) atoms. The van der Waals surface area contributed by atoms with E-state index in [1.807, 2.05) is 0 Å². The molecular formula is C16H22B2O2. The van der Waals surface area contributed by atoms with Gasteiger partial charge in [0, 0.05) is 11.2 Å². The van der Waals surface area contributed by atoms with E-state index in [0.29, 0.717) is 30.0 Å². The van der Waals surface area contributed by atoms with Gasteiger partial charge in [-0.2, -0.15) is 0 Å². The standard InChI is InChI=1S/C16H22B2O2/c1-8-6-15(8,4)20-18(19)16-10(3)14(16)9(2)12(7-17)11-5-13(11)16/h5,8,10-11,14,19H,6-7H2,1-4H3/t8-,10+,11-,14-,15?,16-/m1/s1. The van der Waals surface area contributed by atoms with Gasteiger partial charge in [-0.25, -0.2) is 0 Å². The van der Waals surface area contributed by atoms with Gasteiger partial charge in [0.15, 0.2) is 0 Å². The predicted molar refractivity (Wildman–Crippen MR) is 81.4 cm³/mol. The van der Waals surface area contributed by atoms with Crippen molar-refractivity contribution in [2.75, 3.05) is 0 Å². The van der Waals surface area contributed by atoms with E-state index in [-0.39, 0.29) is 10.9 Å². The minimum atomic E-state index is -0.664. The summed E-state index contributed by atoms with van der Waals surface area (Å²) in [6.07, 6.45) is 3.99. The van der Waals surface area contributed by atoms with Crippen molar-refractivity contribution in [1.82, 2.24) is 0 Å². The number of hydrogen-bond acceptors (Lipinski definition) is 2. The maximum Gasteiger partial charge on any atom is 0.466 e. The first-order valence-electron chi connectivity index (χ1n) is 7.85. The molecule has 4 rings (SSSR count). The van der Waals surface area contributed by atoms with Gasteiger partial charge in [-0.1, -0.05) is 43.0 Å². The first kappa shape index (κ1) is 13.2. The Labute approximate surface area is 123 Å². The molecule has 2 saturated carbocycles. The van der Waals surface area contributed by atoms with Gasteiger partial charge in [0.25, 0.3) is 0 Å². The van der Waals surface area contributed by atoms with Crippen molar-refractivity contribution in [2.45, 2.75) is 51.4 Å². The van der Waals surface area contributed by atoms with Crippen molar-refractivity contribution >= 4 is 15.0 Å². The van der Waals surface area contributed by atoms with E-state index in [1.165, 1.54) is 16.7 Å². The molecule has 0 aromatic heterocycles. The van der Waals surface area contributed by atoms with E-state index < -0.39 is 7.12 Å². The van der Waals surface area contributed by atoms with Gasteiger partial charge in [0.1, 0.15) is 0 Å². The molecule has 104 valence electrons. The molecule has 0 spiro atoms. The average molecular weight is 268 g/mol. The zero-order valence-corrected chi connectivity index (χ0v) is 12.8. The summed E-state index contributed by atoms with van der Waals surface area (Å²) in [5.41, 5.74) is 4.06. The third kappa shape index (κ3) is 1.35. The van der Waals surface area contributed by atoms with Crippen LogP contribution < -0.4 is 0 Å². The molecule has 2 nitrogen and oxygen atoms in total. The average Bonchev–Trinajstić information content (AvgIpc) is 3.27. The second kappa shape index (κ2) is 3.64. The van der Waals surface area contributed by atoms with E-state index >= 15 is 0 Å².